The summed E-state index contributed by atoms with van der Waals surface area (Å²) in [6.45, 7) is 6.81. The van der Waals surface area contributed by atoms with Crippen LogP contribution in [-0.2, 0) is 9.53 Å². The summed E-state index contributed by atoms with van der Waals surface area (Å²) in [5, 5.41) is 5.71. The third-order valence-electron chi connectivity index (χ3n) is 4.96. The first kappa shape index (κ1) is 20.9. The van der Waals surface area contributed by atoms with E-state index in [1.165, 1.54) is 0 Å². The molecule has 0 aromatic heterocycles. The molecule has 1 aliphatic rings. The largest absolute Gasteiger partial charge is 0.481 e. The molecule has 1 aliphatic heterocycles. The predicted molar refractivity (Wildman–Crippen MR) is 112 cm³/mol. The highest BCUT2D eigenvalue weighted by molar-refractivity contribution is 6.04. The Balaban J connectivity index is 1.63. The van der Waals surface area contributed by atoms with Crippen LogP contribution in [0.2, 0.25) is 0 Å². The number of carbonyl (C=O) groups excluding carboxylic acids is 2. The molecule has 0 bridgehead atoms. The van der Waals surface area contributed by atoms with Crippen molar-refractivity contribution in [1.29, 1.82) is 0 Å². The van der Waals surface area contributed by atoms with E-state index in [0.717, 1.165) is 30.6 Å². The van der Waals surface area contributed by atoms with Gasteiger partial charge in [-0.25, -0.2) is 0 Å². The zero-order chi connectivity index (χ0) is 20.8. The Morgan fingerprint density at radius 2 is 2.00 bits per heavy atom. The summed E-state index contributed by atoms with van der Waals surface area (Å²) < 4.78 is 11.4. The number of benzene rings is 2. The molecule has 6 heteroatoms. The number of aryl methyl sites for hydroxylation is 2. The number of hydrogen-bond acceptors (Lipinski definition) is 4. The lowest BCUT2D eigenvalue weighted by molar-refractivity contribution is -0.122. The van der Waals surface area contributed by atoms with Crippen LogP contribution >= 0.6 is 0 Å². The zero-order valence-electron chi connectivity index (χ0n) is 17.2. The normalized spacial score (nSPS) is 16.9. The van der Waals surface area contributed by atoms with E-state index in [-0.39, 0.29) is 17.9 Å². The van der Waals surface area contributed by atoms with E-state index < -0.39 is 6.10 Å². The highest BCUT2D eigenvalue weighted by Gasteiger charge is 2.21. The van der Waals surface area contributed by atoms with Crippen LogP contribution in [-0.4, -0.2) is 37.2 Å². The lowest BCUT2D eigenvalue weighted by Gasteiger charge is -2.18. The Labute approximate surface area is 171 Å². The maximum Gasteiger partial charge on any atom is 0.265 e. The van der Waals surface area contributed by atoms with E-state index in [1.807, 2.05) is 32.0 Å². The molecule has 0 spiro atoms. The maximum atomic E-state index is 12.7. The molecule has 0 radical (unpaired) electrons. The molecule has 2 amide bonds. The first-order chi connectivity index (χ1) is 13.9. The van der Waals surface area contributed by atoms with Gasteiger partial charge in [0.25, 0.3) is 11.8 Å². The van der Waals surface area contributed by atoms with Gasteiger partial charge in [0.1, 0.15) is 5.75 Å². The number of ether oxygens (including phenoxy) is 2. The molecule has 2 N–H and O–H groups in total. The smallest absolute Gasteiger partial charge is 0.265 e. The van der Waals surface area contributed by atoms with E-state index in [1.54, 1.807) is 31.2 Å². The molecule has 1 heterocycles. The Hall–Kier alpha value is -2.86. The van der Waals surface area contributed by atoms with Gasteiger partial charge in [-0.1, -0.05) is 24.3 Å². The third-order valence-corrected chi connectivity index (χ3v) is 4.96. The summed E-state index contributed by atoms with van der Waals surface area (Å²) in [5.41, 5.74) is 2.90. The minimum absolute atomic E-state index is 0.0618. The monoisotopic (exact) mass is 396 g/mol. The van der Waals surface area contributed by atoms with Crippen LogP contribution in [0.5, 0.6) is 5.75 Å². The van der Waals surface area contributed by atoms with Gasteiger partial charge < -0.3 is 20.1 Å². The summed E-state index contributed by atoms with van der Waals surface area (Å²) in [6.07, 6.45) is 1.32. The van der Waals surface area contributed by atoms with Crippen molar-refractivity contribution in [2.75, 3.05) is 18.5 Å². The lowest BCUT2D eigenvalue weighted by atomic mass is 10.1. The minimum Gasteiger partial charge on any atom is -0.481 e. The average Bonchev–Trinajstić information content (AvgIpc) is 3.23. The molecule has 0 aliphatic carbocycles. The van der Waals surface area contributed by atoms with Crippen molar-refractivity contribution < 1.29 is 19.1 Å². The highest BCUT2D eigenvalue weighted by atomic mass is 16.5. The van der Waals surface area contributed by atoms with Crippen molar-refractivity contribution in [3.8, 4) is 5.75 Å². The fourth-order valence-electron chi connectivity index (χ4n) is 3.21. The van der Waals surface area contributed by atoms with Crippen molar-refractivity contribution in [2.45, 2.75) is 45.8 Å². The van der Waals surface area contributed by atoms with Crippen LogP contribution in [0.25, 0.3) is 0 Å². The molecule has 0 saturated carbocycles. The van der Waals surface area contributed by atoms with Gasteiger partial charge in [0, 0.05) is 13.2 Å². The second kappa shape index (κ2) is 9.56. The van der Waals surface area contributed by atoms with Crippen LogP contribution in [0.1, 0.15) is 41.3 Å². The standard InChI is InChI=1S/C23H28N2O4/c1-15-10-11-16(2)21(13-15)29-17(3)22(26)25-20-9-5-4-8-19(20)23(27)24-14-18-7-6-12-28-18/h4-5,8-11,13,17-18H,6-7,12,14H2,1-3H3,(H,24,27)(H,25,26)/t17-,18+/m0/s1. The van der Waals surface area contributed by atoms with E-state index in [2.05, 4.69) is 10.6 Å². The molecule has 6 nitrogen and oxygen atoms in total. The van der Waals surface area contributed by atoms with Crippen molar-refractivity contribution in [3.05, 3.63) is 59.2 Å². The summed E-state index contributed by atoms with van der Waals surface area (Å²) in [5.74, 6) is 0.125. The number of rotatable bonds is 7. The molecule has 1 fully saturated rings. The van der Waals surface area contributed by atoms with Crippen LogP contribution in [0.15, 0.2) is 42.5 Å². The van der Waals surface area contributed by atoms with Crippen molar-refractivity contribution in [1.82, 2.24) is 5.32 Å². The van der Waals surface area contributed by atoms with Gasteiger partial charge in [-0.3, -0.25) is 9.59 Å². The number of carbonyl (C=O) groups is 2. The van der Waals surface area contributed by atoms with E-state index in [9.17, 15) is 9.59 Å². The van der Waals surface area contributed by atoms with Crippen LogP contribution in [0, 0.1) is 13.8 Å². The molecule has 2 atom stereocenters. The summed E-state index contributed by atoms with van der Waals surface area (Å²) in [4.78, 5) is 25.3. The van der Waals surface area contributed by atoms with Crippen molar-refractivity contribution in [2.24, 2.45) is 0 Å². The Kier molecular flexibility index (Phi) is 6.88. The number of para-hydroxylation sites is 1. The number of amides is 2. The quantitative estimate of drug-likeness (QED) is 0.749. The van der Waals surface area contributed by atoms with Gasteiger partial charge in [0.2, 0.25) is 0 Å². The summed E-state index contributed by atoms with van der Waals surface area (Å²) in [6, 6.07) is 12.8. The topological polar surface area (TPSA) is 76.7 Å². The van der Waals surface area contributed by atoms with Crippen LogP contribution in [0.3, 0.4) is 0 Å². The second-order valence-corrected chi connectivity index (χ2v) is 7.41. The first-order valence-corrected chi connectivity index (χ1v) is 9.97. The van der Waals surface area contributed by atoms with E-state index >= 15 is 0 Å². The SMILES string of the molecule is Cc1ccc(C)c(O[C@@H](C)C(=O)Nc2ccccc2C(=O)NC[C@H]2CCCO2)c1. The molecule has 0 unspecified atom stereocenters. The first-order valence-electron chi connectivity index (χ1n) is 9.97. The molecule has 2 aromatic rings. The fraction of sp³-hybridized carbons (Fsp3) is 0.391. The molecule has 3 rings (SSSR count). The number of nitrogens with one attached hydrogen (secondary N) is 2. The van der Waals surface area contributed by atoms with Gasteiger partial charge in [0.05, 0.1) is 17.4 Å². The zero-order valence-corrected chi connectivity index (χ0v) is 17.2. The molecular weight excluding hydrogens is 368 g/mol. The third kappa shape index (κ3) is 5.57. The summed E-state index contributed by atoms with van der Waals surface area (Å²) in [7, 11) is 0. The van der Waals surface area contributed by atoms with Crippen molar-refractivity contribution in [3.63, 3.8) is 0 Å². The molecule has 2 aromatic carbocycles. The molecular formula is C23H28N2O4. The second-order valence-electron chi connectivity index (χ2n) is 7.41. The molecule has 1 saturated heterocycles. The lowest BCUT2D eigenvalue weighted by Crippen LogP contribution is -2.34. The minimum atomic E-state index is -0.710. The molecule has 29 heavy (non-hydrogen) atoms. The summed E-state index contributed by atoms with van der Waals surface area (Å²) >= 11 is 0. The fourth-order valence-corrected chi connectivity index (χ4v) is 3.21. The Morgan fingerprint density at radius 1 is 1.21 bits per heavy atom. The van der Waals surface area contributed by atoms with Gasteiger partial charge >= 0.3 is 0 Å². The Bertz CT molecular complexity index is 875. The highest BCUT2D eigenvalue weighted by Crippen LogP contribution is 2.22. The molecule has 154 valence electrons. The van der Waals surface area contributed by atoms with Gasteiger partial charge in [0.15, 0.2) is 6.10 Å². The van der Waals surface area contributed by atoms with Gasteiger partial charge in [-0.2, -0.15) is 0 Å². The van der Waals surface area contributed by atoms with Gasteiger partial charge in [-0.05, 0) is 62.9 Å². The maximum absolute atomic E-state index is 12.7. The van der Waals surface area contributed by atoms with E-state index in [4.69, 9.17) is 9.47 Å². The average molecular weight is 396 g/mol. The number of anilines is 1. The Morgan fingerprint density at radius 3 is 2.76 bits per heavy atom. The van der Waals surface area contributed by atoms with Crippen LogP contribution < -0.4 is 15.4 Å². The number of hydrogen-bond donors (Lipinski definition) is 2. The van der Waals surface area contributed by atoms with Crippen molar-refractivity contribution >= 4 is 17.5 Å². The predicted octanol–water partition coefficient (Wildman–Crippen LogP) is 3.62. The van der Waals surface area contributed by atoms with Gasteiger partial charge in [-0.15, -0.1) is 0 Å². The van der Waals surface area contributed by atoms with E-state index in [0.29, 0.717) is 23.5 Å². The van der Waals surface area contributed by atoms with Crippen LogP contribution in [0.4, 0.5) is 5.69 Å².